The Morgan fingerprint density at radius 1 is 1.35 bits per heavy atom. The Kier molecular flexibility index (Phi) is 3.66. The molecule has 1 amide bonds. The Hall–Kier alpha value is -2.10. The molecule has 2 rings (SSSR count). The lowest BCUT2D eigenvalue weighted by atomic mass is 9.86. The van der Waals surface area contributed by atoms with Crippen molar-refractivity contribution in [1.82, 2.24) is 0 Å². The van der Waals surface area contributed by atoms with E-state index in [2.05, 4.69) is 0 Å². The molecule has 1 aliphatic heterocycles. The molecule has 1 aliphatic rings. The minimum atomic E-state index is -0.924. The summed E-state index contributed by atoms with van der Waals surface area (Å²) in [4.78, 5) is 25.2. The Labute approximate surface area is 118 Å². The summed E-state index contributed by atoms with van der Waals surface area (Å²) in [5.74, 6) is -0.914. The number of carboxylic acid groups (broad SMARTS) is 1. The molecule has 0 spiro atoms. The first-order valence-electron chi connectivity index (χ1n) is 6.73. The van der Waals surface area contributed by atoms with Gasteiger partial charge in [-0.3, -0.25) is 4.79 Å². The molecule has 1 aromatic carbocycles. The maximum Gasteiger partial charge on any atom is 0.331 e. The maximum absolute atomic E-state index is 12.5. The topological polar surface area (TPSA) is 57.6 Å². The van der Waals surface area contributed by atoms with Crippen LogP contribution in [-0.2, 0) is 15.0 Å². The van der Waals surface area contributed by atoms with E-state index < -0.39 is 11.4 Å². The van der Waals surface area contributed by atoms with Crippen LogP contribution in [0.15, 0.2) is 35.9 Å². The van der Waals surface area contributed by atoms with Gasteiger partial charge in [0.1, 0.15) is 0 Å². The van der Waals surface area contributed by atoms with Gasteiger partial charge >= 0.3 is 5.97 Å². The molecule has 0 saturated carbocycles. The summed E-state index contributed by atoms with van der Waals surface area (Å²) in [6.45, 7) is 5.89. The predicted octanol–water partition coefficient (Wildman–Crippen LogP) is 2.73. The average molecular weight is 273 g/mol. The van der Waals surface area contributed by atoms with Crippen molar-refractivity contribution in [2.75, 3.05) is 11.4 Å². The van der Waals surface area contributed by atoms with E-state index in [0.29, 0.717) is 18.5 Å². The number of hydrogen-bond acceptors (Lipinski definition) is 2. The summed E-state index contributed by atoms with van der Waals surface area (Å²) >= 11 is 0. The van der Waals surface area contributed by atoms with E-state index >= 15 is 0 Å². The van der Waals surface area contributed by atoms with E-state index in [1.807, 2.05) is 38.1 Å². The number of nitrogens with zero attached hydrogens (tertiary/aromatic N) is 1. The highest BCUT2D eigenvalue weighted by molar-refractivity contribution is 6.07. The second-order valence-electron chi connectivity index (χ2n) is 5.45. The van der Waals surface area contributed by atoms with Gasteiger partial charge in [-0.1, -0.05) is 31.2 Å². The van der Waals surface area contributed by atoms with Crippen LogP contribution in [0.25, 0.3) is 0 Å². The Morgan fingerprint density at radius 3 is 2.60 bits per heavy atom. The van der Waals surface area contributed by atoms with Crippen LogP contribution in [0.4, 0.5) is 5.69 Å². The standard InChI is InChI=1S/C16H19NO3/c1-4-11(14(18)19)9-10-17-13-8-6-5-7-12(13)16(2,3)15(17)20/h5-9H,4,10H2,1-3H3,(H,18,19)/b11-9-. The molecule has 0 saturated heterocycles. The fraction of sp³-hybridized carbons (Fsp3) is 0.375. The quantitative estimate of drug-likeness (QED) is 0.858. The number of anilines is 1. The van der Waals surface area contributed by atoms with Crippen molar-refractivity contribution in [2.45, 2.75) is 32.6 Å². The second kappa shape index (κ2) is 5.12. The van der Waals surface area contributed by atoms with E-state index in [0.717, 1.165) is 11.3 Å². The number of fused-ring (bicyclic) bond motifs is 1. The molecule has 0 aromatic heterocycles. The molecule has 20 heavy (non-hydrogen) atoms. The number of carboxylic acids is 1. The van der Waals surface area contributed by atoms with Crippen LogP contribution >= 0.6 is 0 Å². The highest BCUT2D eigenvalue weighted by atomic mass is 16.4. The average Bonchev–Trinajstić information content (AvgIpc) is 2.60. The highest BCUT2D eigenvalue weighted by Crippen LogP contribution is 2.41. The van der Waals surface area contributed by atoms with Gasteiger partial charge in [-0.05, 0) is 31.9 Å². The molecule has 106 valence electrons. The number of para-hydroxylation sites is 1. The van der Waals surface area contributed by atoms with Gasteiger partial charge in [0.05, 0.1) is 5.41 Å². The Bertz CT molecular complexity index is 587. The molecular weight excluding hydrogens is 254 g/mol. The summed E-state index contributed by atoms with van der Waals surface area (Å²) < 4.78 is 0. The van der Waals surface area contributed by atoms with Crippen molar-refractivity contribution in [3.8, 4) is 0 Å². The van der Waals surface area contributed by atoms with Gasteiger partial charge in [0, 0.05) is 17.8 Å². The third-order valence-corrected chi connectivity index (χ3v) is 3.82. The number of rotatable bonds is 4. The van der Waals surface area contributed by atoms with Crippen molar-refractivity contribution < 1.29 is 14.7 Å². The molecule has 1 N–H and O–H groups in total. The van der Waals surface area contributed by atoms with E-state index in [4.69, 9.17) is 5.11 Å². The number of aliphatic carboxylic acids is 1. The third kappa shape index (κ3) is 2.22. The molecule has 0 aliphatic carbocycles. The van der Waals surface area contributed by atoms with Crippen LogP contribution in [0, 0.1) is 0 Å². The normalized spacial score (nSPS) is 17.2. The van der Waals surface area contributed by atoms with E-state index in [1.54, 1.807) is 17.9 Å². The first-order chi connectivity index (χ1) is 9.39. The van der Waals surface area contributed by atoms with Crippen molar-refractivity contribution in [3.05, 3.63) is 41.5 Å². The van der Waals surface area contributed by atoms with Crippen LogP contribution in [0.1, 0.15) is 32.8 Å². The molecule has 1 aromatic rings. The van der Waals surface area contributed by atoms with E-state index in [9.17, 15) is 9.59 Å². The predicted molar refractivity (Wildman–Crippen MR) is 77.8 cm³/mol. The first-order valence-corrected chi connectivity index (χ1v) is 6.73. The zero-order valence-electron chi connectivity index (χ0n) is 12.0. The van der Waals surface area contributed by atoms with Crippen molar-refractivity contribution in [1.29, 1.82) is 0 Å². The van der Waals surface area contributed by atoms with Crippen molar-refractivity contribution in [3.63, 3.8) is 0 Å². The lowest BCUT2D eigenvalue weighted by molar-refractivity contribution is -0.132. The lowest BCUT2D eigenvalue weighted by Gasteiger charge is -2.19. The molecule has 4 heteroatoms. The monoisotopic (exact) mass is 273 g/mol. The SMILES string of the molecule is CC/C(=C/CN1C(=O)C(C)(C)c2ccccc21)C(=O)O. The molecule has 0 atom stereocenters. The Morgan fingerprint density at radius 2 is 2.00 bits per heavy atom. The van der Waals surface area contributed by atoms with Gasteiger partial charge in [0.15, 0.2) is 0 Å². The molecule has 0 bridgehead atoms. The first kappa shape index (κ1) is 14.3. The molecule has 1 heterocycles. The lowest BCUT2D eigenvalue weighted by Crippen LogP contribution is -2.36. The molecule has 0 radical (unpaired) electrons. The summed E-state index contributed by atoms with van der Waals surface area (Å²) in [5, 5.41) is 9.04. The summed E-state index contributed by atoms with van der Waals surface area (Å²) in [5.41, 5.74) is 1.64. The molecular formula is C16H19NO3. The van der Waals surface area contributed by atoms with Crippen molar-refractivity contribution in [2.24, 2.45) is 0 Å². The summed E-state index contributed by atoms with van der Waals surface area (Å²) in [6.07, 6.45) is 2.07. The zero-order valence-corrected chi connectivity index (χ0v) is 12.0. The fourth-order valence-electron chi connectivity index (χ4n) is 2.57. The smallest absolute Gasteiger partial charge is 0.331 e. The Balaban J connectivity index is 2.35. The minimum absolute atomic E-state index is 0.00999. The number of carbonyl (C=O) groups excluding carboxylic acids is 1. The van der Waals surface area contributed by atoms with Crippen LogP contribution in [0.3, 0.4) is 0 Å². The minimum Gasteiger partial charge on any atom is -0.478 e. The third-order valence-electron chi connectivity index (χ3n) is 3.82. The van der Waals surface area contributed by atoms with Crippen molar-refractivity contribution >= 4 is 17.6 Å². The van der Waals surface area contributed by atoms with Gasteiger partial charge in [0.25, 0.3) is 0 Å². The highest BCUT2D eigenvalue weighted by Gasteiger charge is 2.43. The van der Waals surface area contributed by atoms with Crippen LogP contribution < -0.4 is 4.90 Å². The van der Waals surface area contributed by atoms with E-state index in [-0.39, 0.29) is 5.91 Å². The van der Waals surface area contributed by atoms with Gasteiger partial charge < -0.3 is 10.0 Å². The van der Waals surface area contributed by atoms with Gasteiger partial charge in [-0.25, -0.2) is 4.79 Å². The summed E-state index contributed by atoms with van der Waals surface area (Å²) in [7, 11) is 0. The van der Waals surface area contributed by atoms with E-state index in [1.165, 1.54) is 0 Å². The van der Waals surface area contributed by atoms with Gasteiger partial charge in [-0.2, -0.15) is 0 Å². The summed E-state index contributed by atoms with van der Waals surface area (Å²) in [6, 6.07) is 7.67. The number of benzene rings is 1. The molecule has 4 nitrogen and oxygen atoms in total. The van der Waals surface area contributed by atoms with Crippen LogP contribution in [0.5, 0.6) is 0 Å². The van der Waals surface area contributed by atoms with Crippen LogP contribution in [0.2, 0.25) is 0 Å². The molecule has 0 fully saturated rings. The largest absolute Gasteiger partial charge is 0.478 e. The number of amides is 1. The van der Waals surface area contributed by atoms with Gasteiger partial charge in [0.2, 0.25) is 5.91 Å². The number of hydrogen-bond donors (Lipinski definition) is 1. The molecule has 0 unspecified atom stereocenters. The maximum atomic E-state index is 12.5. The van der Waals surface area contributed by atoms with Crippen LogP contribution in [-0.4, -0.2) is 23.5 Å². The zero-order chi connectivity index (χ0) is 14.9. The van der Waals surface area contributed by atoms with Gasteiger partial charge in [-0.15, -0.1) is 0 Å². The fourth-order valence-corrected chi connectivity index (χ4v) is 2.57. The number of carbonyl (C=O) groups is 2. The second-order valence-corrected chi connectivity index (χ2v) is 5.45.